The zero-order valence-corrected chi connectivity index (χ0v) is 64.1. The van der Waals surface area contributed by atoms with Crippen molar-refractivity contribution in [2.24, 2.45) is 0 Å². The molecule has 0 aliphatic carbocycles. The Hall–Kier alpha value is -4.52. The molecule has 0 saturated carbocycles. The maximum Gasteiger partial charge on any atom is 0.244 e. The molecule has 0 atom stereocenters. The fourth-order valence-electron chi connectivity index (χ4n) is 11.5. The Morgan fingerprint density at radius 1 is 0.283 bits per heavy atom. The number of nitrogens with zero attached hydrogens (tertiary/aromatic N) is 3. The molecule has 92 heavy (non-hydrogen) atoms. The third-order valence-electron chi connectivity index (χ3n) is 17.4. The van der Waals surface area contributed by atoms with Gasteiger partial charge in [0.05, 0.1) is 19.6 Å². The summed E-state index contributed by atoms with van der Waals surface area (Å²) in [6.07, 6.45) is 13.8. The summed E-state index contributed by atoms with van der Waals surface area (Å²) < 4.78 is 129. The summed E-state index contributed by atoms with van der Waals surface area (Å²) in [4.78, 5) is 1.08. The lowest BCUT2D eigenvalue weighted by molar-refractivity contribution is 0.459. The predicted octanol–water partition coefficient (Wildman–Crippen LogP) is 18.8. The number of hydrogen-bond acceptors (Lipinski definition) is 8. The zero-order valence-electron chi connectivity index (χ0n) is 60.9. The van der Waals surface area contributed by atoms with E-state index in [1.165, 1.54) is 12.9 Å². The Morgan fingerprint density at radius 3 is 0.652 bits per heavy atom. The molecule has 0 unspecified atom stereocenters. The van der Waals surface area contributed by atoms with Gasteiger partial charge in [-0.2, -0.15) is 12.9 Å². The van der Waals surface area contributed by atoms with Gasteiger partial charge in [-0.05, 0) is 145 Å². The molecule has 514 valence electrons. The quantitative estimate of drug-likeness (QED) is 0.0453. The van der Waals surface area contributed by atoms with Crippen molar-refractivity contribution in [3.8, 4) is 0 Å². The molecule has 0 aromatic heterocycles. The summed E-state index contributed by atoms with van der Waals surface area (Å²) in [5.74, 6) is -0.277. The highest BCUT2D eigenvalue weighted by Crippen LogP contribution is 2.41. The van der Waals surface area contributed by atoms with Crippen molar-refractivity contribution >= 4 is 40.1 Å². The largest absolute Gasteiger partial charge is 0.244 e. The molecule has 4 rings (SSSR count). The molecule has 1 N–H and O–H groups in total. The Balaban J connectivity index is 1.93. The Kier molecular flexibility index (Phi) is 29.5. The van der Waals surface area contributed by atoms with Crippen LogP contribution in [0, 0.1) is 0 Å². The smallest absolute Gasteiger partial charge is 0.207 e. The molecular formula is C76H118N4O8S4. The number of allylic oxidation sites excluding steroid dienone is 1. The van der Waals surface area contributed by atoms with Crippen LogP contribution in [0.15, 0.2) is 117 Å². The van der Waals surface area contributed by atoms with Crippen LogP contribution in [0.25, 0.3) is 0 Å². The van der Waals surface area contributed by atoms with Crippen LogP contribution in [-0.2, 0) is 40.1 Å². The summed E-state index contributed by atoms with van der Waals surface area (Å²) in [5.41, 5.74) is 10.1. The summed E-state index contributed by atoms with van der Waals surface area (Å²) in [7, 11) is -16.8. The molecule has 0 spiro atoms. The first-order valence-electron chi connectivity index (χ1n) is 33.9. The van der Waals surface area contributed by atoms with Gasteiger partial charge in [-0.1, -0.05) is 263 Å². The minimum atomic E-state index is -4.32. The van der Waals surface area contributed by atoms with E-state index in [0.29, 0.717) is 27.1 Å². The maximum absolute atomic E-state index is 15.8. The van der Waals surface area contributed by atoms with Gasteiger partial charge in [0.25, 0.3) is 0 Å². The second-order valence-electron chi connectivity index (χ2n) is 28.8. The monoisotopic (exact) mass is 1340 g/mol. The lowest BCUT2D eigenvalue weighted by Gasteiger charge is -2.28. The topological polar surface area (TPSA) is 158 Å². The molecule has 0 amide bonds. The Bertz CT molecular complexity index is 3620. The average Bonchev–Trinajstić information content (AvgIpc) is 0.787. The van der Waals surface area contributed by atoms with Gasteiger partial charge in [0, 0.05) is 45.8 Å². The van der Waals surface area contributed by atoms with E-state index in [2.05, 4.69) is 60.1 Å². The van der Waals surface area contributed by atoms with E-state index in [0.717, 1.165) is 44.5 Å². The Labute approximate surface area is 561 Å². The van der Waals surface area contributed by atoms with Crippen LogP contribution in [0.1, 0.15) is 311 Å². The zero-order chi connectivity index (χ0) is 69.9. The highest BCUT2D eigenvalue weighted by Gasteiger charge is 2.36. The van der Waals surface area contributed by atoms with E-state index in [4.69, 9.17) is 0 Å². The first-order valence-corrected chi connectivity index (χ1v) is 39.7. The molecule has 0 radical (unpaired) electrons. The van der Waals surface area contributed by atoms with Crippen LogP contribution >= 0.6 is 0 Å². The molecule has 4 aromatic carbocycles. The van der Waals surface area contributed by atoms with Gasteiger partial charge in [0.1, 0.15) is 0 Å². The normalized spacial score (nSPS) is 13.7. The van der Waals surface area contributed by atoms with E-state index in [1.807, 2.05) is 178 Å². The van der Waals surface area contributed by atoms with E-state index < -0.39 is 40.1 Å². The molecule has 0 bridgehead atoms. The third-order valence-corrected chi connectivity index (χ3v) is 24.8. The fraction of sp³-hybridized carbons (Fsp3) is 0.579. The van der Waals surface area contributed by atoms with Crippen molar-refractivity contribution < 1.29 is 33.7 Å². The van der Waals surface area contributed by atoms with Gasteiger partial charge in [-0.25, -0.2) is 38.4 Å². The molecule has 0 fully saturated rings. The van der Waals surface area contributed by atoms with Crippen LogP contribution in [0.3, 0.4) is 0 Å². The second-order valence-corrected chi connectivity index (χ2v) is 36.1. The van der Waals surface area contributed by atoms with Gasteiger partial charge in [-0.15, -0.1) is 0 Å². The third kappa shape index (κ3) is 19.6. The maximum atomic E-state index is 15.8. The van der Waals surface area contributed by atoms with Gasteiger partial charge in [0.2, 0.25) is 40.1 Å². The van der Waals surface area contributed by atoms with Crippen LogP contribution in [0.4, 0.5) is 0 Å². The number of rotatable bonds is 34. The lowest BCUT2D eigenvalue weighted by atomic mass is 9.89. The van der Waals surface area contributed by atoms with E-state index >= 15 is 25.3 Å². The fourth-order valence-corrected chi connectivity index (χ4v) is 19.2. The van der Waals surface area contributed by atoms with E-state index in [1.54, 1.807) is 36.5 Å². The number of nitrogens with one attached hydrogen (secondary N) is 1. The van der Waals surface area contributed by atoms with Crippen molar-refractivity contribution in [2.75, 3.05) is 45.8 Å². The number of benzene rings is 4. The molecule has 16 heteroatoms. The van der Waals surface area contributed by atoms with E-state index in [-0.39, 0.29) is 132 Å². The number of sulfonamides is 4. The first-order chi connectivity index (χ1) is 42.6. The molecule has 4 aromatic rings. The van der Waals surface area contributed by atoms with E-state index in [9.17, 15) is 8.42 Å². The summed E-state index contributed by atoms with van der Waals surface area (Å²) in [6.45, 7) is 50.1. The molecule has 0 heterocycles. The van der Waals surface area contributed by atoms with Gasteiger partial charge < -0.3 is 0 Å². The second kappa shape index (κ2) is 33.9. The lowest BCUT2D eigenvalue weighted by Crippen LogP contribution is -2.35. The molecule has 0 saturated heterocycles. The molecule has 12 nitrogen and oxygen atoms in total. The minimum Gasteiger partial charge on any atom is -0.207 e. The standard InChI is InChI=1S/C76H118N4O8S4/c1-26-27-35-78(90(83,84)74-67(55(14)15)43-62(50(4)5)44-68(74)56(16)17)37-30-31-39-80(92(87,88)76-71(59(22)23)47-64(52(8)9)48-72(76)60(24)25)40-33-32-38-79(91(85,86)75-69(57(18)19)45-63(51(6)7)46-70(75)58(20)21)36-29-28-34-77-89(81,82)73-65(53(10)11)41-61(49(2)3)42-66(73)54(12)13/h26-33,41-60,77H,34-40H2,1-25H3/b27-26+,29-28+,31-30+,33-32-. The van der Waals surface area contributed by atoms with Crippen molar-refractivity contribution in [2.45, 2.75) is 264 Å². The van der Waals surface area contributed by atoms with Crippen molar-refractivity contribution in [3.63, 3.8) is 0 Å². The number of hydrogen-bond donors (Lipinski definition) is 1. The van der Waals surface area contributed by atoms with Crippen LogP contribution < -0.4 is 4.72 Å². The van der Waals surface area contributed by atoms with Gasteiger partial charge >= 0.3 is 0 Å². The summed E-state index contributed by atoms with van der Waals surface area (Å²) in [5, 5.41) is 0. The highest BCUT2D eigenvalue weighted by molar-refractivity contribution is 7.90. The highest BCUT2D eigenvalue weighted by atomic mass is 32.2. The first kappa shape index (κ1) is 79.9. The summed E-state index contributed by atoms with van der Waals surface area (Å²) in [6, 6.07) is 16.1. The summed E-state index contributed by atoms with van der Waals surface area (Å²) >= 11 is 0. The molecule has 0 aliphatic rings. The average molecular weight is 1340 g/mol. The van der Waals surface area contributed by atoms with Crippen molar-refractivity contribution in [1.29, 1.82) is 0 Å². The predicted molar refractivity (Wildman–Crippen MR) is 389 cm³/mol. The van der Waals surface area contributed by atoms with Gasteiger partial charge in [-0.3, -0.25) is 0 Å². The van der Waals surface area contributed by atoms with Crippen LogP contribution in [-0.4, -0.2) is 92.4 Å². The van der Waals surface area contributed by atoms with Crippen molar-refractivity contribution in [1.82, 2.24) is 17.6 Å². The van der Waals surface area contributed by atoms with Crippen LogP contribution in [0.2, 0.25) is 0 Å². The Morgan fingerprint density at radius 2 is 0.467 bits per heavy atom. The minimum absolute atomic E-state index is 0.0327. The van der Waals surface area contributed by atoms with Crippen LogP contribution in [0.5, 0.6) is 0 Å². The van der Waals surface area contributed by atoms with Gasteiger partial charge in [0.15, 0.2) is 0 Å². The SMILES string of the molecule is C/C=C/CN(C/C=C/CN(C/C=C\CN(C/C=C/CNS(=O)(=O)c1c(C(C)C)cc(C(C)C)cc1C(C)C)S(=O)(=O)c1c(C(C)C)cc(C(C)C)cc1C(C)C)S(=O)(=O)c1c(C(C)C)cc(C(C)C)cc1C(C)C)S(=O)(=O)c1c(C(C)C)cc(C(C)C)cc1C(C)C. The van der Waals surface area contributed by atoms with Crippen molar-refractivity contribution in [3.05, 3.63) is 164 Å². The molecular weight excluding hydrogens is 1230 g/mol. The molecule has 0 aliphatic heterocycles.